The molecule has 1 aliphatic heterocycles. The molecule has 1 saturated heterocycles. The number of thioether (sulfide) groups is 1. The van der Waals surface area contributed by atoms with Crippen LogP contribution in [0.1, 0.15) is 39.0 Å². The van der Waals surface area contributed by atoms with Crippen molar-refractivity contribution in [3.8, 4) is 0 Å². The molecular weight excluding hydrogens is 248 g/mol. The van der Waals surface area contributed by atoms with Crippen LogP contribution in [0.25, 0.3) is 0 Å². The molecule has 0 aromatic heterocycles. The average Bonchev–Trinajstić information content (AvgIpc) is 3.14. The Morgan fingerprint density at radius 2 is 2.17 bits per heavy atom. The van der Waals surface area contributed by atoms with Crippen molar-refractivity contribution in [2.45, 2.75) is 49.8 Å². The lowest BCUT2D eigenvalue weighted by Crippen LogP contribution is -2.46. The summed E-state index contributed by atoms with van der Waals surface area (Å²) in [7, 11) is 0. The molecule has 1 aliphatic carbocycles. The summed E-state index contributed by atoms with van der Waals surface area (Å²) in [6.45, 7) is 3.42. The van der Waals surface area contributed by atoms with Gasteiger partial charge in [0.2, 0.25) is 11.8 Å². The third kappa shape index (κ3) is 2.99. The molecule has 2 aliphatic rings. The maximum atomic E-state index is 12.4. The molecule has 1 heterocycles. The zero-order valence-electron chi connectivity index (χ0n) is 11.2. The lowest BCUT2D eigenvalue weighted by Gasteiger charge is -2.27. The number of amides is 2. The van der Waals surface area contributed by atoms with Crippen LogP contribution in [0.15, 0.2) is 0 Å². The van der Waals surface area contributed by atoms with Crippen LogP contribution in [-0.2, 0) is 9.59 Å². The third-order valence-electron chi connectivity index (χ3n) is 3.85. The summed E-state index contributed by atoms with van der Waals surface area (Å²) in [5, 5.41) is 2.85. The van der Waals surface area contributed by atoms with Crippen molar-refractivity contribution in [1.29, 1.82) is 0 Å². The zero-order valence-corrected chi connectivity index (χ0v) is 12.0. The van der Waals surface area contributed by atoms with E-state index in [0.717, 1.165) is 19.4 Å². The Morgan fingerprint density at radius 1 is 1.44 bits per heavy atom. The van der Waals surface area contributed by atoms with Gasteiger partial charge in [0.05, 0.1) is 0 Å². The first kappa shape index (κ1) is 13.7. The summed E-state index contributed by atoms with van der Waals surface area (Å²) < 4.78 is 0.278. The van der Waals surface area contributed by atoms with Crippen LogP contribution < -0.4 is 5.32 Å². The van der Waals surface area contributed by atoms with E-state index in [9.17, 15) is 9.59 Å². The average molecular weight is 270 g/mol. The van der Waals surface area contributed by atoms with Crippen molar-refractivity contribution in [3.05, 3.63) is 0 Å². The molecule has 2 fully saturated rings. The van der Waals surface area contributed by atoms with Crippen LogP contribution in [0.5, 0.6) is 0 Å². The molecule has 1 saturated carbocycles. The summed E-state index contributed by atoms with van der Waals surface area (Å²) in [6.07, 6.45) is 6.60. The third-order valence-corrected chi connectivity index (χ3v) is 5.25. The molecule has 5 heteroatoms. The van der Waals surface area contributed by atoms with Gasteiger partial charge in [-0.15, -0.1) is 0 Å². The van der Waals surface area contributed by atoms with E-state index in [1.165, 1.54) is 12.8 Å². The Hall–Kier alpha value is -0.710. The van der Waals surface area contributed by atoms with Gasteiger partial charge < -0.3 is 10.2 Å². The standard InChI is InChI=1S/C13H22N2O2S/c1-3-4-10-12(17)15(8-5-11(16)14-10)9-13(18-2)6-7-13/h10H,3-9H2,1-2H3,(H,14,16). The SMILES string of the molecule is CCCC1NC(=O)CCN(CC2(SC)CC2)C1=O. The Labute approximate surface area is 113 Å². The summed E-state index contributed by atoms with van der Waals surface area (Å²) in [4.78, 5) is 25.9. The molecule has 18 heavy (non-hydrogen) atoms. The minimum absolute atomic E-state index is 0.0123. The number of nitrogens with one attached hydrogen (secondary N) is 1. The fraction of sp³-hybridized carbons (Fsp3) is 0.846. The smallest absolute Gasteiger partial charge is 0.245 e. The number of rotatable bonds is 5. The van der Waals surface area contributed by atoms with Gasteiger partial charge in [0.25, 0.3) is 0 Å². The van der Waals surface area contributed by atoms with Crippen molar-refractivity contribution in [2.24, 2.45) is 0 Å². The number of carbonyl (C=O) groups excluding carboxylic acids is 2. The second-order valence-electron chi connectivity index (χ2n) is 5.31. The second kappa shape index (κ2) is 5.51. The van der Waals surface area contributed by atoms with Gasteiger partial charge in [0.15, 0.2) is 0 Å². The predicted molar refractivity (Wildman–Crippen MR) is 73.5 cm³/mol. The van der Waals surface area contributed by atoms with E-state index >= 15 is 0 Å². The highest BCUT2D eigenvalue weighted by Gasteiger charge is 2.45. The van der Waals surface area contributed by atoms with E-state index in [-0.39, 0.29) is 22.6 Å². The molecule has 0 bridgehead atoms. The van der Waals surface area contributed by atoms with Crippen molar-refractivity contribution in [3.63, 3.8) is 0 Å². The van der Waals surface area contributed by atoms with Crippen LogP contribution in [0, 0.1) is 0 Å². The lowest BCUT2D eigenvalue weighted by molar-refractivity contribution is -0.133. The van der Waals surface area contributed by atoms with E-state index in [1.807, 2.05) is 23.6 Å². The van der Waals surface area contributed by atoms with Gasteiger partial charge in [-0.2, -0.15) is 11.8 Å². The molecule has 102 valence electrons. The molecule has 4 nitrogen and oxygen atoms in total. The van der Waals surface area contributed by atoms with Crippen LogP contribution in [0.4, 0.5) is 0 Å². The lowest BCUT2D eigenvalue weighted by atomic mass is 10.1. The van der Waals surface area contributed by atoms with Gasteiger partial charge in [-0.1, -0.05) is 13.3 Å². The van der Waals surface area contributed by atoms with Gasteiger partial charge in [-0.05, 0) is 25.5 Å². The second-order valence-corrected chi connectivity index (χ2v) is 6.58. The quantitative estimate of drug-likeness (QED) is 0.821. The molecule has 0 aromatic carbocycles. The highest BCUT2D eigenvalue weighted by Crippen LogP contribution is 2.47. The summed E-state index contributed by atoms with van der Waals surface area (Å²) in [5.41, 5.74) is 0. The fourth-order valence-electron chi connectivity index (χ4n) is 2.45. The number of hydrogen-bond donors (Lipinski definition) is 1. The summed E-state index contributed by atoms with van der Waals surface area (Å²) in [5.74, 6) is 0.126. The molecule has 0 spiro atoms. The molecule has 0 radical (unpaired) electrons. The molecule has 2 rings (SSSR count). The van der Waals surface area contributed by atoms with Crippen molar-refractivity contribution in [1.82, 2.24) is 10.2 Å². The predicted octanol–water partition coefficient (Wildman–Crippen LogP) is 1.40. The monoisotopic (exact) mass is 270 g/mol. The van der Waals surface area contributed by atoms with Crippen LogP contribution in [-0.4, -0.2) is 46.8 Å². The van der Waals surface area contributed by atoms with Gasteiger partial charge in [-0.3, -0.25) is 9.59 Å². The van der Waals surface area contributed by atoms with Crippen molar-refractivity contribution >= 4 is 23.6 Å². The highest BCUT2D eigenvalue weighted by molar-refractivity contribution is 8.00. The molecule has 2 amide bonds. The number of hydrogen-bond acceptors (Lipinski definition) is 3. The van der Waals surface area contributed by atoms with Gasteiger partial charge in [0, 0.05) is 24.3 Å². The minimum Gasteiger partial charge on any atom is -0.344 e. The minimum atomic E-state index is -0.303. The fourth-order valence-corrected chi connectivity index (χ4v) is 3.25. The first-order valence-corrected chi connectivity index (χ1v) is 7.96. The van der Waals surface area contributed by atoms with Crippen LogP contribution in [0.2, 0.25) is 0 Å². The topological polar surface area (TPSA) is 49.4 Å². The summed E-state index contributed by atoms with van der Waals surface area (Å²) >= 11 is 1.86. The van der Waals surface area contributed by atoms with Crippen molar-refractivity contribution in [2.75, 3.05) is 19.3 Å². The Kier molecular flexibility index (Phi) is 4.20. The maximum Gasteiger partial charge on any atom is 0.245 e. The van der Waals surface area contributed by atoms with Gasteiger partial charge in [0.1, 0.15) is 6.04 Å². The highest BCUT2D eigenvalue weighted by atomic mass is 32.2. The van der Waals surface area contributed by atoms with Gasteiger partial charge >= 0.3 is 0 Å². The van der Waals surface area contributed by atoms with E-state index in [2.05, 4.69) is 11.6 Å². The van der Waals surface area contributed by atoms with E-state index in [0.29, 0.717) is 13.0 Å². The molecule has 1 N–H and O–H groups in total. The van der Waals surface area contributed by atoms with E-state index in [4.69, 9.17) is 0 Å². The first-order chi connectivity index (χ1) is 8.60. The zero-order chi connectivity index (χ0) is 13.2. The largest absolute Gasteiger partial charge is 0.344 e. The number of nitrogens with zero attached hydrogens (tertiary/aromatic N) is 1. The van der Waals surface area contributed by atoms with E-state index in [1.54, 1.807) is 0 Å². The number of carbonyl (C=O) groups is 2. The Morgan fingerprint density at radius 3 is 2.72 bits per heavy atom. The van der Waals surface area contributed by atoms with Crippen molar-refractivity contribution < 1.29 is 9.59 Å². The molecule has 1 atom stereocenters. The van der Waals surface area contributed by atoms with Crippen LogP contribution >= 0.6 is 11.8 Å². The van der Waals surface area contributed by atoms with Gasteiger partial charge in [-0.25, -0.2) is 0 Å². The van der Waals surface area contributed by atoms with Crippen LogP contribution in [0.3, 0.4) is 0 Å². The first-order valence-electron chi connectivity index (χ1n) is 6.73. The Bertz CT molecular complexity index is 342. The molecule has 0 aromatic rings. The maximum absolute atomic E-state index is 12.4. The summed E-state index contributed by atoms with van der Waals surface area (Å²) in [6, 6.07) is -0.303. The molecular formula is C13H22N2O2S. The van der Waals surface area contributed by atoms with E-state index < -0.39 is 0 Å². The molecule has 1 unspecified atom stereocenters. The Balaban J connectivity index is 2.04. The normalized spacial score (nSPS) is 26.8.